The Bertz CT molecular complexity index is 1590. The van der Waals surface area contributed by atoms with E-state index in [0.717, 1.165) is 17.2 Å². The van der Waals surface area contributed by atoms with Gasteiger partial charge in [-0.05, 0) is 61.0 Å². The van der Waals surface area contributed by atoms with Gasteiger partial charge >= 0.3 is 0 Å². The number of para-hydroxylation sites is 2. The van der Waals surface area contributed by atoms with Crippen LogP contribution in [-0.4, -0.2) is 28.7 Å². The Morgan fingerprint density at radius 2 is 1.61 bits per heavy atom. The summed E-state index contributed by atoms with van der Waals surface area (Å²) in [5, 5.41) is 20.3. The van der Waals surface area contributed by atoms with E-state index in [-0.39, 0.29) is 5.91 Å². The second-order valence-electron chi connectivity index (χ2n) is 8.49. The van der Waals surface area contributed by atoms with Crippen LogP contribution in [0.15, 0.2) is 97.3 Å². The third-order valence-corrected chi connectivity index (χ3v) is 5.92. The topological polar surface area (TPSA) is 101 Å². The number of carbonyl (C=O) groups excluding carboxylic acids is 1. The van der Waals surface area contributed by atoms with E-state index >= 15 is 0 Å². The third-order valence-electron chi connectivity index (χ3n) is 5.92. The Morgan fingerprint density at radius 1 is 0.947 bits per heavy atom. The molecule has 0 bridgehead atoms. The highest BCUT2D eigenvalue weighted by molar-refractivity contribution is 6.00. The molecule has 38 heavy (non-hydrogen) atoms. The minimum atomic E-state index is -0.239. The molecule has 2 N–H and O–H groups in total. The smallest absolute Gasteiger partial charge is 0.253 e. The van der Waals surface area contributed by atoms with Crippen LogP contribution < -0.4 is 20.1 Å². The first-order valence-corrected chi connectivity index (χ1v) is 12.1. The Labute approximate surface area is 220 Å². The van der Waals surface area contributed by atoms with Crippen molar-refractivity contribution in [3.05, 3.63) is 114 Å². The molecule has 1 amide bonds. The predicted molar refractivity (Wildman–Crippen MR) is 145 cm³/mol. The normalized spacial score (nSPS) is 10.5. The summed E-state index contributed by atoms with van der Waals surface area (Å²) < 4.78 is 13.1. The van der Waals surface area contributed by atoms with Crippen LogP contribution in [0.3, 0.4) is 0 Å². The lowest BCUT2D eigenvalue weighted by Gasteiger charge is -2.12. The monoisotopic (exact) mass is 503 g/mol. The summed E-state index contributed by atoms with van der Waals surface area (Å²) in [6, 6.07) is 28.6. The van der Waals surface area contributed by atoms with Gasteiger partial charge in [0.1, 0.15) is 29.9 Å². The minimum absolute atomic E-state index is 0.239. The number of aromatic nitrogens is 2. The van der Waals surface area contributed by atoms with Gasteiger partial charge in [0.25, 0.3) is 5.91 Å². The van der Waals surface area contributed by atoms with Crippen molar-refractivity contribution in [1.29, 1.82) is 5.26 Å². The molecule has 0 saturated heterocycles. The van der Waals surface area contributed by atoms with Crippen LogP contribution in [-0.2, 0) is 0 Å². The standard InChI is InChI=1S/C30H25N5O3/c1-21-27(30(36)32-16-17-37-24-8-4-2-5-9-24)20-35-29(21)28(22(18-31)19-33-35)34-23-12-14-26(15-13-23)38-25-10-6-3-7-11-25/h2-15,19-20,34H,16-17H2,1H3,(H,32,36). The van der Waals surface area contributed by atoms with Crippen LogP contribution in [0.2, 0.25) is 0 Å². The molecular weight excluding hydrogens is 478 g/mol. The summed E-state index contributed by atoms with van der Waals surface area (Å²) in [5.74, 6) is 1.95. The van der Waals surface area contributed by atoms with Crippen LogP contribution in [0.5, 0.6) is 17.2 Å². The number of aryl methyl sites for hydroxylation is 1. The average Bonchev–Trinajstić information content (AvgIpc) is 3.30. The predicted octanol–water partition coefficient (Wildman–Crippen LogP) is 5.86. The molecule has 188 valence electrons. The fourth-order valence-corrected chi connectivity index (χ4v) is 4.05. The van der Waals surface area contributed by atoms with Crippen molar-refractivity contribution in [2.75, 3.05) is 18.5 Å². The van der Waals surface area contributed by atoms with Gasteiger partial charge in [0.2, 0.25) is 0 Å². The van der Waals surface area contributed by atoms with E-state index < -0.39 is 0 Å². The highest BCUT2D eigenvalue weighted by atomic mass is 16.5. The van der Waals surface area contributed by atoms with Crippen molar-refractivity contribution < 1.29 is 14.3 Å². The number of ether oxygens (including phenoxy) is 2. The summed E-state index contributed by atoms with van der Waals surface area (Å²) in [4.78, 5) is 13.0. The molecule has 0 aliphatic rings. The third kappa shape index (κ3) is 5.42. The number of carbonyl (C=O) groups is 1. The van der Waals surface area contributed by atoms with Crippen molar-refractivity contribution >= 4 is 22.8 Å². The fraction of sp³-hybridized carbons (Fsp3) is 0.100. The van der Waals surface area contributed by atoms with E-state index in [0.29, 0.717) is 46.8 Å². The van der Waals surface area contributed by atoms with E-state index in [1.807, 2.05) is 91.9 Å². The summed E-state index contributed by atoms with van der Waals surface area (Å²) in [6.07, 6.45) is 3.15. The lowest BCUT2D eigenvalue weighted by molar-refractivity contribution is 0.0946. The van der Waals surface area contributed by atoms with Crippen molar-refractivity contribution in [3.8, 4) is 23.3 Å². The first kappa shape index (κ1) is 24.4. The van der Waals surface area contributed by atoms with Gasteiger partial charge in [-0.2, -0.15) is 10.4 Å². The van der Waals surface area contributed by atoms with Gasteiger partial charge in [0.15, 0.2) is 0 Å². The zero-order valence-electron chi connectivity index (χ0n) is 20.7. The summed E-state index contributed by atoms with van der Waals surface area (Å²) in [5.41, 5.74) is 3.54. The van der Waals surface area contributed by atoms with E-state index in [1.54, 1.807) is 10.7 Å². The summed E-state index contributed by atoms with van der Waals surface area (Å²) >= 11 is 0. The van der Waals surface area contributed by atoms with Crippen molar-refractivity contribution in [2.45, 2.75) is 6.92 Å². The van der Waals surface area contributed by atoms with Crippen LogP contribution in [0.25, 0.3) is 5.52 Å². The van der Waals surface area contributed by atoms with Gasteiger partial charge in [-0.3, -0.25) is 4.79 Å². The van der Waals surface area contributed by atoms with Crippen LogP contribution >= 0.6 is 0 Å². The van der Waals surface area contributed by atoms with Gasteiger partial charge < -0.3 is 20.1 Å². The van der Waals surface area contributed by atoms with Crippen LogP contribution in [0, 0.1) is 18.3 Å². The molecule has 3 aromatic carbocycles. The Kier molecular flexibility index (Phi) is 7.18. The number of amides is 1. The number of rotatable bonds is 9. The van der Waals surface area contributed by atoms with Gasteiger partial charge in [0.05, 0.1) is 35.1 Å². The second kappa shape index (κ2) is 11.2. The van der Waals surface area contributed by atoms with Crippen molar-refractivity contribution in [2.24, 2.45) is 0 Å². The van der Waals surface area contributed by atoms with Crippen molar-refractivity contribution in [1.82, 2.24) is 14.9 Å². The maximum Gasteiger partial charge on any atom is 0.253 e. The largest absolute Gasteiger partial charge is 0.492 e. The molecule has 0 aliphatic heterocycles. The zero-order chi connectivity index (χ0) is 26.3. The van der Waals surface area contributed by atoms with E-state index in [4.69, 9.17) is 9.47 Å². The molecule has 0 fully saturated rings. The molecule has 8 nitrogen and oxygen atoms in total. The number of nitrogens with one attached hydrogen (secondary N) is 2. The number of fused-ring (bicyclic) bond motifs is 1. The number of hydrogen-bond acceptors (Lipinski definition) is 6. The molecule has 0 spiro atoms. The van der Waals surface area contributed by atoms with Gasteiger partial charge in [-0.1, -0.05) is 36.4 Å². The highest BCUT2D eigenvalue weighted by Crippen LogP contribution is 2.31. The maximum absolute atomic E-state index is 13.0. The van der Waals surface area contributed by atoms with Crippen LogP contribution in [0.1, 0.15) is 21.5 Å². The quantitative estimate of drug-likeness (QED) is 0.244. The van der Waals surface area contributed by atoms with E-state index in [9.17, 15) is 10.1 Å². The number of hydrogen-bond donors (Lipinski definition) is 2. The Morgan fingerprint density at radius 3 is 2.29 bits per heavy atom. The lowest BCUT2D eigenvalue weighted by atomic mass is 10.1. The summed E-state index contributed by atoms with van der Waals surface area (Å²) in [6.45, 7) is 2.53. The van der Waals surface area contributed by atoms with Gasteiger partial charge in [-0.15, -0.1) is 0 Å². The molecule has 0 radical (unpaired) electrons. The van der Waals surface area contributed by atoms with Gasteiger partial charge in [-0.25, -0.2) is 4.52 Å². The molecular formula is C30H25N5O3. The number of anilines is 2. The minimum Gasteiger partial charge on any atom is -0.492 e. The van der Waals surface area contributed by atoms with E-state index in [2.05, 4.69) is 21.8 Å². The molecule has 0 unspecified atom stereocenters. The molecule has 2 aromatic heterocycles. The molecule has 2 heterocycles. The first-order chi connectivity index (χ1) is 18.6. The van der Waals surface area contributed by atoms with E-state index in [1.165, 1.54) is 6.20 Å². The highest BCUT2D eigenvalue weighted by Gasteiger charge is 2.19. The fourth-order valence-electron chi connectivity index (χ4n) is 4.05. The van der Waals surface area contributed by atoms with Crippen LogP contribution in [0.4, 0.5) is 11.4 Å². The molecule has 5 aromatic rings. The number of nitriles is 1. The van der Waals surface area contributed by atoms with Gasteiger partial charge in [0, 0.05) is 11.9 Å². The first-order valence-electron chi connectivity index (χ1n) is 12.1. The summed E-state index contributed by atoms with van der Waals surface area (Å²) in [7, 11) is 0. The average molecular weight is 504 g/mol. The Balaban J connectivity index is 1.32. The number of benzene rings is 3. The lowest BCUT2D eigenvalue weighted by Crippen LogP contribution is -2.28. The molecule has 0 aliphatic carbocycles. The SMILES string of the molecule is Cc1c(C(=O)NCCOc2ccccc2)cn2ncc(C#N)c(Nc3ccc(Oc4ccccc4)cc3)c12. The molecule has 0 atom stereocenters. The molecule has 8 heteroatoms. The number of nitrogens with zero attached hydrogens (tertiary/aromatic N) is 3. The van der Waals surface area contributed by atoms with Crippen molar-refractivity contribution in [3.63, 3.8) is 0 Å². The molecule has 5 rings (SSSR count). The second-order valence-corrected chi connectivity index (χ2v) is 8.49. The zero-order valence-corrected chi connectivity index (χ0v) is 20.7. The maximum atomic E-state index is 13.0. The molecule has 0 saturated carbocycles. The Hall–Kier alpha value is -5.29.